The Balaban J connectivity index is 2.28. The number of carbonyl (C=O) groups is 2. The van der Waals surface area contributed by atoms with Gasteiger partial charge in [0.25, 0.3) is 0 Å². The van der Waals surface area contributed by atoms with E-state index in [-0.39, 0.29) is 33.6 Å². The van der Waals surface area contributed by atoms with Crippen molar-refractivity contribution in [1.82, 2.24) is 0 Å². The van der Waals surface area contributed by atoms with Gasteiger partial charge in [0.2, 0.25) is 11.4 Å². The first-order chi connectivity index (χ1) is 11.8. The summed E-state index contributed by atoms with van der Waals surface area (Å²) in [5.41, 5.74) is -1.59. The zero-order valence-corrected chi connectivity index (χ0v) is 14.8. The molecule has 3 atom stereocenters. The highest BCUT2D eigenvalue weighted by atomic mass is 35.5. The molecule has 1 aromatic rings. The minimum absolute atomic E-state index is 0.00795. The first-order valence-corrected chi connectivity index (χ1v) is 7.87. The number of hydrogen-bond donors (Lipinski definition) is 1. The molecule has 2 aliphatic rings. The predicted octanol–water partition coefficient (Wildman–Crippen LogP) is 1.78. The van der Waals surface area contributed by atoms with E-state index in [1.54, 1.807) is 0 Å². The summed E-state index contributed by atoms with van der Waals surface area (Å²) in [6.07, 6.45) is -0.338. The third kappa shape index (κ3) is 2.15. The second-order valence-corrected chi connectivity index (χ2v) is 6.19. The zero-order valence-electron chi connectivity index (χ0n) is 14.1. The number of rotatable bonds is 3. The molecule has 0 amide bonds. The molecule has 0 radical (unpaired) electrons. The Morgan fingerprint density at radius 3 is 2.36 bits per heavy atom. The molecule has 1 heterocycles. The molecule has 0 saturated carbocycles. The van der Waals surface area contributed by atoms with Crippen LogP contribution in [0.1, 0.15) is 17.3 Å². The van der Waals surface area contributed by atoms with Gasteiger partial charge in [0.1, 0.15) is 28.2 Å². The number of benzene rings is 1. The lowest BCUT2D eigenvalue weighted by Gasteiger charge is -2.38. The van der Waals surface area contributed by atoms with Crippen LogP contribution in [0.3, 0.4) is 0 Å². The summed E-state index contributed by atoms with van der Waals surface area (Å²) >= 11 is 6.31. The smallest absolute Gasteiger partial charge is 0.233 e. The van der Waals surface area contributed by atoms with Crippen LogP contribution < -0.4 is 14.2 Å². The third-order valence-electron chi connectivity index (χ3n) is 4.68. The van der Waals surface area contributed by atoms with Crippen LogP contribution in [0.4, 0.5) is 0 Å². The van der Waals surface area contributed by atoms with Crippen molar-refractivity contribution in [3.8, 4) is 17.2 Å². The fourth-order valence-electron chi connectivity index (χ4n) is 3.29. The molecule has 1 spiro atoms. The van der Waals surface area contributed by atoms with E-state index in [0.29, 0.717) is 0 Å². The van der Waals surface area contributed by atoms with Crippen molar-refractivity contribution < 1.29 is 33.6 Å². The minimum Gasteiger partial charge on any atom is -0.496 e. The van der Waals surface area contributed by atoms with Gasteiger partial charge < -0.3 is 24.1 Å². The lowest BCUT2D eigenvalue weighted by molar-refractivity contribution is -0.131. The number of ether oxygens (including phenoxy) is 4. The van der Waals surface area contributed by atoms with Gasteiger partial charge in [0, 0.05) is 18.1 Å². The molecule has 134 valence electrons. The lowest BCUT2D eigenvalue weighted by Crippen LogP contribution is -2.57. The lowest BCUT2D eigenvalue weighted by atomic mass is 9.74. The van der Waals surface area contributed by atoms with Crippen molar-refractivity contribution in [1.29, 1.82) is 0 Å². The number of hydrogen-bond acceptors (Lipinski definition) is 7. The Labute approximate surface area is 149 Å². The molecule has 0 aromatic heterocycles. The van der Waals surface area contributed by atoms with E-state index in [4.69, 9.17) is 30.5 Å². The number of halogens is 1. The Morgan fingerprint density at radius 2 is 1.80 bits per heavy atom. The zero-order chi connectivity index (χ0) is 18.5. The summed E-state index contributed by atoms with van der Waals surface area (Å²) in [6.45, 7) is 1.54. The Bertz CT molecular complexity index is 801. The summed E-state index contributed by atoms with van der Waals surface area (Å²) in [5.74, 6) is -1.40. The Hall–Kier alpha value is -2.25. The van der Waals surface area contributed by atoms with Crippen molar-refractivity contribution in [2.24, 2.45) is 5.92 Å². The first kappa shape index (κ1) is 17.6. The van der Waals surface area contributed by atoms with Crippen molar-refractivity contribution in [3.63, 3.8) is 0 Å². The fraction of sp³-hybridized carbons (Fsp3) is 0.412. The van der Waals surface area contributed by atoms with Gasteiger partial charge in [-0.25, -0.2) is 0 Å². The van der Waals surface area contributed by atoms with E-state index in [1.165, 1.54) is 34.3 Å². The molecule has 1 N–H and O–H groups in total. The largest absolute Gasteiger partial charge is 0.496 e. The SMILES string of the molecule is COC1=CC(=O)C(O)C(C)C12Oc1c(Cl)c(OC)cc(OC)c1C2=O. The molecule has 0 fully saturated rings. The number of Topliss-reactive ketones (excluding diaryl/α,β-unsaturated/α-hetero) is 1. The summed E-state index contributed by atoms with van der Waals surface area (Å²) in [7, 11) is 4.15. The second kappa shape index (κ2) is 5.93. The predicted molar refractivity (Wildman–Crippen MR) is 87.5 cm³/mol. The maximum atomic E-state index is 13.3. The van der Waals surface area contributed by atoms with Gasteiger partial charge in [-0.1, -0.05) is 18.5 Å². The monoisotopic (exact) mass is 368 g/mol. The number of methoxy groups -OCH3 is 3. The van der Waals surface area contributed by atoms with Gasteiger partial charge in [0.15, 0.2) is 17.3 Å². The molecule has 0 saturated heterocycles. The molecule has 1 aromatic carbocycles. The molecule has 3 rings (SSSR count). The molecule has 1 aliphatic heterocycles. The van der Waals surface area contributed by atoms with Gasteiger partial charge in [-0.05, 0) is 0 Å². The standard InChI is InChI=1S/C17H17ClO7/c1-7-14(20)8(19)5-11(24-4)17(7)16(21)12-9(22-2)6-10(23-3)13(18)15(12)25-17/h5-7,14,20H,1-4H3. The fourth-order valence-corrected chi connectivity index (χ4v) is 3.55. The van der Waals surface area contributed by atoms with Crippen LogP contribution in [-0.2, 0) is 9.53 Å². The Morgan fingerprint density at radius 1 is 1.16 bits per heavy atom. The summed E-state index contributed by atoms with van der Waals surface area (Å²) in [4.78, 5) is 25.2. The van der Waals surface area contributed by atoms with Gasteiger partial charge in [0.05, 0.1) is 21.3 Å². The normalized spacial score (nSPS) is 27.7. The van der Waals surface area contributed by atoms with E-state index in [1.807, 2.05) is 0 Å². The Kier molecular flexibility index (Phi) is 4.17. The van der Waals surface area contributed by atoms with E-state index in [0.717, 1.165) is 6.08 Å². The number of ketones is 2. The quantitative estimate of drug-likeness (QED) is 0.869. The van der Waals surface area contributed by atoms with Crippen LogP contribution in [0.15, 0.2) is 17.9 Å². The van der Waals surface area contributed by atoms with Crippen molar-refractivity contribution in [2.45, 2.75) is 18.6 Å². The number of fused-ring (bicyclic) bond motifs is 1. The number of aliphatic hydroxyl groups excluding tert-OH is 1. The maximum absolute atomic E-state index is 13.3. The summed E-state index contributed by atoms with van der Waals surface area (Å²) in [6, 6.07) is 1.48. The molecule has 7 nitrogen and oxygen atoms in total. The van der Waals surface area contributed by atoms with Crippen molar-refractivity contribution in [3.05, 3.63) is 28.5 Å². The molecule has 1 aliphatic carbocycles. The maximum Gasteiger partial charge on any atom is 0.233 e. The van der Waals surface area contributed by atoms with Gasteiger partial charge >= 0.3 is 0 Å². The summed E-state index contributed by atoms with van der Waals surface area (Å²) in [5, 5.41) is 10.3. The molecule has 8 heteroatoms. The van der Waals surface area contributed by atoms with E-state index in [2.05, 4.69) is 0 Å². The molecule has 25 heavy (non-hydrogen) atoms. The first-order valence-electron chi connectivity index (χ1n) is 7.49. The van der Waals surface area contributed by atoms with E-state index in [9.17, 15) is 14.7 Å². The number of aliphatic hydroxyl groups is 1. The van der Waals surface area contributed by atoms with E-state index < -0.39 is 29.2 Å². The average molecular weight is 369 g/mol. The van der Waals surface area contributed by atoms with Crippen molar-refractivity contribution >= 4 is 23.2 Å². The van der Waals surface area contributed by atoms with Crippen LogP contribution in [0.5, 0.6) is 17.2 Å². The highest BCUT2D eigenvalue weighted by Crippen LogP contribution is 2.54. The highest BCUT2D eigenvalue weighted by molar-refractivity contribution is 6.35. The van der Waals surface area contributed by atoms with Crippen LogP contribution in [0.2, 0.25) is 5.02 Å². The topological polar surface area (TPSA) is 91.3 Å². The minimum atomic E-state index is -1.70. The van der Waals surface area contributed by atoms with Gasteiger partial charge in [-0.2, -0.15) is 0 Å². The average Bonchev–Trinajstić information content (AvgIpc) is 2.92. The van der Waals surface area contributed by atoms with Crippen molar-refractivity contribution in [2.75, 3.05) is 21.3 Å². The molecular formula is C17H17ClO7. The molecular weight excluding hydrogens is 352 g/mol. The van der Waals surface area contributed by atoms with Crippen LogP contribution in [0.25, 0.3) is 0 Å². The molecule has 0 bridgehead atoms. The van der Waals surface area contributed by atoms with Crippen LogP contribution in [0, 0.1) is 5.92 Å². The summed E-state index contributed by atoms with van der Waals surface area (Å²) < 4.78 is 21.7. The van der Waals surface area contributed by atoms with Crippen LogP contribution in [-0.4, -0.2) is 49.7 Å². The highest BCUT2D eigenvalue weighted by Gasteiger charge is 2.62. The molecule has 3 unspecified atom stereocenters. The van der Waals surface area contributed by atoms with E-state index >= 15 is 0 Å². The van der Waals surface area contributed by atoms with Gasteiger partial charge in [-0.3, -0.25) is 9.59 Å². The number of carbonyl (C=O) groups excluding carboxylic acids is 2. The third-order valence-corrected chi connectivity index (χ3v) is 5.04. The van der Waals surface area contributed by atoms with Crippen LogP contribution >= 0.6 is 11.6 Å². The second-order valence-electron chi connectivity index (χ2n) is 5.81. The van der Waals surface area contributed by atoms with Gasteiger partial charge in [-0.15, -0.1) is 0 Å².